The molecule has 2 rings (SSSR count). The number of nitrogens with one attached hydrogen (secondary N) is 1. The number of primary sulfonamides is 1. The van der Waals surface area contributed by atoms with Crippen molar-refractivity contribution in [1.29, 1.82) is 0 Å². The first-order valence-electron chi connectivity index (χ1n) is 5.78. The van der Waals surface area contributed by atoms with E-state index in [0.717, 1.165) is 17.2 Å². The summed E-state index contributed by atoms with van der Waals surface area (Å²) in [4.78, 5) is 0. The first kappa shape index (κ1) is 12.4. The quantitative estimate of drug-likeness (QED) is 0.858. The van der Waals surface area contributed by atoms with Gasteiger partial charge in [-0.3, -0.25) is 0 Å². The van der Waals surface area contributed by atoms with Gasteiger partial charge in [0, 0.05) is 11.7 Å². The number of sulfonamides is 1. The lowest BCUT2D eigenvalue weighted by Crippen LogP contribution is -2.33. The first-order chi connectivity index (χ1) is 7.92. The van der Waals surface area contributed by atoms with Crippen LogP contribution in [-0.2, 0) is 15.8 Å². The number of benzene rings is 1. The van der Waals surface area contributed by atoms with E-state index in [0.29, 0.717) is 6.04 Å². The molecule has 1 saturated carbocycles. The fourth-order valence-corrected chi connectivity index (χ4v) is 2.84. The van der Waals surface area contributed by atoms with Crippen molar-refractivity contribution in [2.75, 3.05) is 5.32 Å². The summed E-state index contributed by atoms with van der Waals surface area (Å²) in [6.07, 6.45) is 2.41. The summed E-state index contributed by atoms with van der Waals surface area (Å²) in [6, 6.07) is 7.98. The zero-order chi connectivity index (χ0) is 12.5. The van der Waals surface area contributed by atoms with Crippen LogP contribution < -0.4 is 10.5 Å². The van der Waals surface area contributed by atoms with Crippen LogP contribution in [0.3, 0.4) is 0 Å². The molecule has 5 heteroatoms. The molecule has 0 unspecified atom stereocenters. The van der Waals surface area contributed by atoms with Crippen molar-refractivity contribution in [3.05, 3.63) is 29.8 Å². The molecule has 0 aromatic heterocycles. The van der Waals surface area contributed by atoms with Crippen molar-refractivity contribution >= 4 is 15.7 Å². The molecule has 0 spiro atoms. The fraction of sp³-hybridized carbons (Fsp3) is 0.500. The Balaban J connectivity index is 1.94. The van der Waals surface area contributed by atoms with Gasteiger partial charge in [0.15, 0.2) is 0 Å². The number of nitrogens with two attached hydrogens (primary N) is 1. The van der Waals surface area contributed by atoms with Gasteiger partial charge < -0.3 is 5.32 Å². The molecule has 0 saturated heterocycles. The third-order valence-electron chi connectivity index (χ3n) is 3.07. The average molecular weight is 254 g/mol. The molecule has 0 radical (unpaired) electrons. The van der Waals surface area contributed by atoms with Gasteiger partial charge in [-0.15, -0.1) is 0 Å². The van der Waals surface area contributed by atoms with Gasteiger partial charge in [-0.25, -0.2) is 13.6 Å². The molecule has 1 aliphatic carbocycles. The number of anilines is 1. The lowest BCUT2D eigenvalue weighted by Gasteiger charge is -2.34. The highest BCUT2D eigenvalue weighted by Gasteiger charge is 2.24. The minimum atomic E-state index is -3.43. The Morgan fingerprint density at radius 3 is 2.35 bits per heavy atom. The molecule has 0 amide bonds. The second-order valence-electron chi connectivity index (χ2n) is 4.92. The van der Waals surface area contributed by atoms with Crippen LogP contribution in [0, 0.1) is 5.92 Å². The molecule has 0 heterocycles. The minimum Gasteiger partial charge on any atom is -0.382 e. The highest BCUT2D eigenvalue weighted by atomic mass is 32.2. The van der Waals surface area contributed by atoms with E-state index in [2.05, 4.69) is 12.2 Å². The molecule has 1 fully saturated rings. The number of hydrogen-bond acceptors (Lipinski definition) is 3. The van der Waals surface area contributed by atoms with Crippen LogP contribution >= 0.6 is 0 Å². The lowest BCUT2D eigenvalue weighted by molar-refractivity contribution is 0.309. The number of rotatable bonds is 4. The highest BCUT2D eigenvalue weighted by molar-refractivity contribution is 7.88. The predicted molar refractivity (Wildman–Crippen MR) is 69.1 cm³/mol. The zero-order valence-corrected chi connectivity index (χ0v) is 10.7. The van der Waals surface area contributed by atoms with Gasteiger partial charge in [0.25, 0.3) is 0 Å². The van der Waals surface area contributed by atoms with Crippen LogP contribution in [0.15, 0.2) is 24.3 Å². The Morgan fingerprint density at radius 1 is 1.29 bits per heavy atom. The van der Waals surface area contributed by atoms with Gasteiger partial charge in [0.2, 0.25) is 10.0 Å². The van der Waals surface area contributed by atoms with Gasteiger partial charge in [-0.2, -0.15) is 0 Å². The molecule has 1 aromatic rings. The maximum Gasteiger partial charge on any atom is 0.213 e. The van der Waals surface area contributed by atoms with E-state index in [4.69, 9.17) is 5.14 Å². The van der Waals surface area contributed by atoms with Crippen molar-refractivity contribution in [2.45, 2.75) is 31.6 Å². The van der Waals surface area contributed by atoms with Crippen molar-refractivity contribution in [2.24, 2.45) is 11.1 Å². The summed E-state index contributed by atoms with van der Waals surface area (Å²) in [5.74, 6) is 0.711. The van der Waals surface area contributed by atoms with Gasteiger partial charge in [0.1, 0.15) is 0 Å². The van der Waals surface area contributed by atoms with E-state index in [-0.39, 0.29) is 5.75 Å². The minimum absolute atomic E-state index is 0.103. The standard InChI is InChI=1S/C12H18N2O2S/c1-9-6-12(7-9)14-11-4-2-10(3-5-11)8-17(13,15)16/h2-5,9,12,14H,6-8H2,1H3,(H2,13,15,16). The first-order valence-corrected chi connectivity index (χ1v) is 7.50. The Morgan fingerprint density at radius 2 is 1.88 bits per heavy atom. The molecule has 3 N–H and O–H groups in total. The Bertz CT molecular complexity index is 476. The Labute approximate surface area is 102 Å². The van der Waals surface area contributed by atoms with Crippen LogP contribution in [0.25, 0.3) is 0 Å². The summed E-state index contributed by atoms with van der Waals surface area (Å²) in [6.45, 7) is 2.24. The summed E-state index contributed by atoms with van der Waals surface area (Å²) < 4.78 is 21.8. The van der Waals surface area contributed by atoms with E-state index in [1.807, 2.05) is 12.1 Å². The summed E-state index contributed by atoms with van der Waals surface area (Å²) in [7, 11) is -3.43. The molecular weight excluding hydrogens is 236 g/mol. The van der Waals surface area contributed by atoms with Gasteiger partial charge in [-0.1, -0.05) is 19.1 Å². The second kappa shape index (κ2) is 4.66. The molecule has 4 nitrogen and oxygen atoms in total. The van der Waals surface area contributed by atoms with Crippen LogP contribution in [0.4, 0.5) is 5.69 Å². The van der Waals surface area contributed by atoms with Gasteiger partial charge in [-0.05, 0) is 36.5 Å². The Hall–Kier alpha value is -1.07. The monoisotopic (exact) mass is 254 g/mol. The van der Waals surface area contributed by atoms with Gasteiger partial charge in [0.05, 0.1) is 5.75 Å². The molecule has 17 heavy (non-hydrogen) atoms. The van der Waals surface area contributed by atoms with Crippen molar-refractivity contribution in [3.63, 3.8) is 0 Å². The number of hydrogen-bond donors (Lipinski definition) is 2. The SMILES string of the molecule is CC1CC(Nc2ccc(CS(N)(=O)=O)cc2)C1. The third kappa shape index (κ3) is 3.71. The molecule has 1 aliphatic rings. The maximum absolute atomic E-state index is 10.9. The maximum atomic E-state index is 10.9. The second-order valence-corrected chi connectivity index (χ2v) is 6.54. The zero-order valence-electron chi connectivity index (χ0n) is 9.89. The van der Waals surface area contributed by atoms with Crippen molar-refractivity contribution in [1.82, 2.24) is 0 Å². The summed E-state index contributed by atoms with van der Waals surface area (Å²) in [5.41, 5.74) is 1.76. The van der Waals surface area contributed by atoms with Gasteiger partial charge >= 0.3 is 0 Å². The fourth-order valence-electron chi connectivity index (χ4n) is 2.19. The highest BCUT2D eigenvalue weighted by Crippen LogP contribution is 2.29. The van der Waals surface area contributed by atoms with Crippen LogP contribution in [0.1, 0.15) is 25.3 Å². The topological polar surface area (TPSA) is 72.2 Å². The molecule has 94 valence electrons. The van der Waals surface area contributed by atoms with Crippen molar-refractivity contribution < 1.29 is 8.42 Å². The average Bonchev–Trinajstić information content (AvgIpc) is 2.16. The van der Waals surface area contributed by atoms with E-state index in [1.165, 1.54) is 12.8 Å². The van der Waals surface area contributed by atoms with Crippen molar-refractivity contribution in [3.8, 4) is 0 Å². The van der Waals surface area contributed by atoms with E-state index < -0.39 is 10.0 Å². The van der Waals surface area contributed by atoms with Crippen LogP contribution in [0.2, 0.25) is 0 Å². The van der Waals surface area contributed by atoms with E-state index in [1.54, 1.807) is 12.1 Å². The molecule has 1 aromatic carbocycles. The lowest BCUT2D eigenvalue weighted by atomic mass is 9.82. The van der Waals surface area contributed by atoms with Crippen LogP contribution in [-0.4, -0.2) is 14.5 Å². The molecule has 0 bridgehead atoms. The largest absolute Gasteiger partial charge is 0.382 e. The Kier molecular flexibility index (Phi) is 3.40. The smallest absolute Gasteiger partial charge is 0.213 e. The predicted octanol–water partition coefficient (Wildman–Crippen LogP) is 1.69. The normalized spacial score (nSPS) is 24.1. The molecule has 0 aliphatic heterocycles. The summed E-state index contributed by atoms with van der Waals surface area (Å²) in [5, 5.41) is 8.41. The van der Waals surface area contributed by atoms with E-state index in [9.17, 15) is 8.42 Å². The van der Waals surface area contributed by atoms with E-state index >= 15 is 0 Å². The van der Waals surface area contributed by atoms with Crippen LogP contribution in [0.5, 0.6) is 0 Å². The summed E-state index contributed by atoms with van der Waals surface area (Å²) >= 11 is 0. The molecule has 0 atom stereocenters. The molecular formula is C12H18N2O2S. The third-order valence-corrected chi connectivity index (χ3v) is 3.80.